The van der Waals surface area contributed by atoms with Crippen LogP contribution in [0.4, 0.5) is 5.13 Å². The number of nitrogens with two attached hydrogens (primary N) is 1. The lowest BCUT2D eigenvalue weighted by atomic mass is 9.93. The molecule has 0 atom stereocenters. The Morgan fingerprint density at radius 3 is 2.62 bits per heavy atom. The summed E-state index contributed by atoms with van der Waals surface area (Å²) in [4.78, 5) is 26.7. The van der Waals surface area contributed by atoms with Gasteiger partial charge in [0.15, 0.2) is 10.9 Å². The average molecular weight is 241 g/mol. The smallest absolute Gasteiger partial charge is 0.233 e. The molecule has 0 spiro atoms. The van der Waals surface area contributed by atoms with Gasteiger partial charge in [-0.25, -0.2) is 4.98 Å². The van der Waals surface area contributed by atoms with Crippen molar-refractivity contribution in [2.24, 2.45) is 11.1 Å². The lowest BCUT2D eigenvalue weighted by Gasteiger charge is -2.19. The molecule has 0 saturated heterocycles. The van der Waals surface area contributed by atoms with Crippen LogP contribution in [0.15, 0.2) is 5.38 Å². The number of nitrogens with one attached hydrogen (secondary N) is 1. The summed E-state index contributed by atoms with van der Waals surface area (Å²) < 4.78 is 0. The van der Waals surface area contributed by atoms with Crippen LogP contribution in [0.3, 0.4) is 0 Å². The molecule has 88 valence electrons. The molecular formula is C10H15N3O2S. The number of anilines is 1. The minimum absolute atomic E-state index is 0.116. The summed E-state index contributed by atoms with van der Waals surface area (Å²) in [6.07, 6.45) is 0. The molecule has 0 saturated carbocycles. The van der Waals surface area contributed by atoms with Crippen LogP contribution < -0.4 is 11.1 Å². The van der Waals surface area contributed by atoms with E-state index in [0.29, 0.717) is 10.8 Å². The predicted molar refractivity (Wildman–Crippen MR) is 63.6 cm³/mol. The standard InChI is InChI=1S/C10H15N3O2S/c1-6(14)7-4-16-9(12-7)13-8(15)10(2,3)5-11/h4H,5,11H2,1-3H3,(H,12,13,15). The maximum absolute atomic E-state index is 11.7. The first-order chi connectivity index (χ1) is 7.36. The van der Waals surface area contributed by atoms with Gasteiger partial charge in [-0.3, -0.25) is 9.59 Å². The number of aromatic nitrogens is 1. The fourth-order valence-corrected chi connectivity index (χ4v) is 1.60. The van der Waals surface area contributed by atoms with Gasteiger partial charge in [-0.15, -0.1) is 11.3 Å². The molecule has 1 aromatic heterocycles. The first-order valence-corrected chi connectivity index (χ1v) is 5.73. The van der Waals surface area contributed by atoms with Crippen molar-refractivity contribution < 1.29 is 9.59 Å². The van der Waals surface area contributed by atoms with E-state index in [2.05, 4.69) is 10.3 Å². The van der Waals surface area contributed by atoms with Crippen LogP contribution in [0.1, 0.15) is 31.3 Å². The molecule has 1 amide bonds. The Balaban J connectivity index is 2.74. The molecule has 1 aromatic rings. The zero-order chi connectivity index (χ0) is 12.3. The molecule has 0 fully saturated rings. The number of rotatable bonds is 4. The molecule has 16 heavy (non-hydrogen) atoms. The summed E-state index contributed by atoms with van der Waals surface area (Å²) in [5.41, 5.74) is 5.21. The Morgan fingerprint density at radius 2 is 2.19 bits per heavy atom. The van der Waals surface area contributed by atoms with Gasteiger partial charge in [0.1, 0.15) is 5.69 Å². The highest BCUT2D eigenvalue weighted by atomic mass is 32.1. The summed E-state index contributed by atoms with van der Waals surface area (Å²) in [6, 6.07) is 0. The average Bonchev–Trinajstić information content (AvgIpc) is 2.66. The van der Waals surface area contributed by atoms with Gasteiger partial charge < -0.3 is 11.1 Å². The fraction of sp³-hybridized carbons (Fsp3) is 0.500. The summed E-state index contributed by atoms with van der Waals surface area (Å²) in [5, 5.41) is 4.69. The molecule has 0 bridgehead atoms. The highest BCUT2D eigenvalue weighted by molar-refractivity contribution is 7.14. The van der Waals surface area contributed by atoms with Crippen molar-refractivity contribution in [3.63, 3.8) is 0 Å². The highest BCUT2D eigenvalue weighted by Gasteiger charge is 2.26. The molecule has 1 heterocycles. The zero-order valence-electron chi connectivity index (χ0n) is 9.53. The number of hydrogen-bond acceptors (Lipinski definition) is 5. The first kappa shape index (κ1) is 12.8. The van der Waals surface area contributed by atoms with Crippen LogP contribution >= 0.6 is 11.3 Å². The number of hydrogen-bond donors (Lipinski definition) is 2. The first-order valence-electron chi connectivity index (χ1n) is 4.85. The fourth-order valence-electron chi connectivity index (χ4n) is 0.852. The van der Waals surface area contributed by atoms with Crippen molar-refractivity contribution in [3.8, 4) is 0 Å². The monoisotopic (exact) mass is 241 g/mol. The Morgan fingerprint density at radius 1 is 1.56 bits per heavy atom. The summed E-state index contributed by atoms with van der Waals surface area (Å²) in [5.74, 6) is -0.311. The predicted octanol–water partition coefficient (Wildman–Crippen LogP) is 1.27. The largest absolute Gasteiger partial charge is 0.329 e. The van der Waals surface area contributed by atoms with Crippen LogP contribution in [0, 0.1) is 5.41 Å². The van der Waals surface area contributed by atoms with Crippen LogP contribution in [0.5, 0.6) is 0 Å². The third-order valence-corrected chi connectivity index (χ3v) is 2.97. The molecule has 0 radical (unpaired) electrons. The second kappa shape index (κ2) is 4.71. The van der Waals surface area contributed by atoms with Gasteiger partial charge in [0.05, 0.1) is 5.41 Å². The van der Waals surface area contributed by atoms with E-state index < -0.39 is 5.41 Å². The van der Waals surface area contributed by atoms with Crippen molar-refractivity contribution in [3.05, 3.63) is 11.1 Å². The number of amides is 1. The number of carbonyl (C=O) groups is 2. The molecule has 5 nitrogen and oxygen atoms in total. The molecule has 0 aliphatic heterocycles. The van der Waals surface area contributed by atoms with Crippen LogP contribution in [-0.4, -0.2) is 23.2 Å². The third-order valence-electron chi connectivity index (χ3n) is 2.21. The molecule has 0 aliphatic carbocycles. The van der Waals surface area contributed by atoms with Gasteiger partial charge in [-0.1, -0.05) is 0 Å². The third kappa shape index (κ3) is 2.86. The van der Waals surface area contributed by atoms with E-state index in [0.717, 1.165) is 0 Å². The minimum Gasteiger partial charge on any atom is -0.329 e. The molecule has 6 heteroatoms. The normalized spacial score (nSPS) is 11.2. The molecule has 1 rings (SSSR count). The maximum atomic E-state index is 11.7. The zero-order valence-corrected chi connectivity index (χ0v) is 10.4. The lowest BCUT2D eigenvalue weighted by Crippen LogP contribution is -2.37. The van der Waals surface area contributed by atoms with Crippen molar-refractivity contribution in [1.82, 2.24) is 4.98 Å². The second-order valence-electron chi connectivity index (χ2n) is 4.14. The minimum atomic E-state index is -0.637. The molecule has 0 aliphatic rings. The SMILES string of the molecule is CC(=O)c1csc(NC(=O)C(C)(C)CN)n1. The quantitative estimate of drug-likeness (QED) is 0.777. The molecule has 0 aromatic carbocycles. The lowest BCUT2D eigenvalue weighted by molar-refractivity contribution is -0.123. The van der Waals surface area contributed by atoms with E-state index in [-0.39, 0.29) is 18.2 Å². The van der Waals surface area contributed by atoms with Gasteiger partial charge in [0.2, 0.25) is 5.91 Å². The number of Topliss-reactive ketones (excluding diaryl/α,β-unsaturated/α-hetero) is 1. The van der Waals surface area contributed by atoms with Gasteiger partial charge >= 0.3 is 0 Å². The van der Waals surface area contributed by atoms with Crippen molar-refractivity contribution in [2.45, 2.75) is 20.8 Å². The number of thiazole rings is 1. The Bertz CT molecular complexity index is 412. The number of ketones is 1. The van der Waals surface area contributed by atoms with Crippen LogP contribution in [0.2, 0.25) is 0 Å². The number of carbonyl (C=O) groups excluding carboxylic acids is 2. The van der Waals surface area contributed by atoms with Gasteiger partial charge in [-0.05, 0) is 13.8 Å². The highest BCUT2D eigenvalue weighted by Crippen LogP contribution is 2.20. The van der Waals surface area contributed by atoms with E-state index in [1.54, 1.807) is 19.2 Å². The van der Waals surface area contributed by atoms with Gasteiger partial charge in [-0.2, -0.15) is 0 Å². The summed E-state index contributed by atoms with van der Waals surface area (Å²) >= 11 is 1.23. The topological polar surface area (TPSA) is 85.1 Å². The molecular weight excluding hydrogens is 226 g/mol. The summed E-state index contributed by atoms with van der Waals surface area (Å²) in [7, 11) is 0. The summed E-state index contributed by atoms with van der Waals surface area (Å²) in [6.45, 7) is 5.19. The Labute approximate surface area is 98.1 Å². The van der Waals surface area contributed by atoms with E-state index in [1.165, 1.54) is 18.3 Å². The van der Waals surface area contributed by atoms with E-state index >= 15 is 0 Å². The van der Waals surface area contributed by atoms with Gasteiger partial charge in [0.25, 0.3) is 0 Å². The van der Waals surface area contributed by atoms with Crippen LogP contribution in [-0.2, 0) is 4.79 Å². The Kier molecular flexibility index (Phi) is 3.77. The van der Waals surface area contributed by atoms with E-state index in [1.807, 2.05) is 0 Å². The second-order valence-corrected chi connectivity index (χ2v) is 4.99. The van der Waals surface area contributed by atoms with Gasteiger partial charge in [0, 0.05) is 18.8 Å². The molecule has 3 N–H and O–H groups in total. The van der Waals surface area contributed by atoms with Crippen molar-refractivity contribution >= 4 is 28.2 Å². The van der Waals surface area contributed by atoms with Crippen LogP contribution in [0.25, 0.3) is 0 Å². The maximum Gasteiger partial charge on any atom is 0.233 e. The van der Waals surface area contributed by atoms with Crippen molar-refractivity contribution in [2.75, 3.05) is 11.9 Å². The van der Waals surface area contributed by atoms with E-state index in [4.69, 9.17) is 5.73 Å². The number of nitrogens with zero attached hydrogens (tertiary/aromatic N) is 1. The molecule has 0 unspecified atom stereocenters. The van der Waals surface area contributed by atoms with Crippen molar-refractivity contribution in [1.29, 1.82) is 0 Å². The van der Waals surface area contributed by atoms with E-state index in [9.17, 15) is 9.59 Å². The Hall–Kier alpha value is -1.27.